The van der Waals surface area contributed by atoms with E-state index >= 15 is 0 Å². The Hall–Kier alpha value is -2.45. The Bertz CT molecular complexity index is 585. The molecule has 1 unspecified atom stereocenters. The molecule has 2 rings (SSSR count). The molecule has 1 atom stereocenters. The number of nitrogens with zero attached hydrogens (tertiary/aromatic N) is 4. The van der Waals surface area contributed by atoms with Gasteiger partial charge in [0, 0.05) is 32.0 Å². The van der Waals surface area contributed by atoms with Crippen LogP contribution < -0.4 is 0 Å². The van der Waals surface area contributed by atoms with Gasteiger partial charge >= 0.3 is 11.7 Å². The highest BCUT2D eigenvalue weighted by Gasteiger charge is 2.26. The van der Waals surface area contributed by atoms with Crippen LogP contribution in [0.1, 0.15) is 38.5 Å². The zero-order valence-corrected chi connectivity index (χ0v) is 12.8. The van der Waals surface area contributed by atoms with Crippen LogP contribution in [0.5, 0.6) is 0 Å². The minimum atomic E-state index is -0.855. The third kappa shape index (κ3) is 4.76. The lowest BCUT2D eigenvalue weighted by atomic mass is 9.97. The Morgan fingerprint density at radius 1 is 1.39 bits per heavy atom. The maximum absolute atomic E-state index is 12.4. The molecule has 1 amide bonds. The highest BCUT2D eigenvalue weighted by molar-refractivity contribution is 5.76. The molecular weight excluding hydrogens is 304 g/mol. The van der Waals surface area contributed by atoms with Crippen molar-refractivity contribution >= 4 is 17.6 Å². The molecule has 0 aliphatic carbocycles. The van der Waals surface area contributed by atoms with Gasteiger partial charge in [0.25, 0.3) is 0 Å². The van der Waals surface area contributed by atoms with Gasteiger partial charge in [0.2, 0.25) is 5.91 Å². The molecule has 9 heteroatoms. The zero-order valence-electron chi connectivity index (χ0n) is 12.8. The number of amides is 1. The number of piperidine rings is 1. The van der Waals surface area contributed by atoms with Gasteiger partial charge in [0.05, 0.1) is 4.92 Å². The smallest absolute Gasteiger partial charge is 0.306 e. The normalized spacial score (nSPS) is 17.9. The van der Waals surface area contributed by atoms with E-state index in [0.717, 1.165) is 25.5 Å². The second-order valence-electron chi connectivity index (χ2n) is 5.64. The molecule has 1 aliphatic heterocycles. The molecule has 1 aliphatic rings. The maximum atomic E-state index is 12.4. The summed E-state index contributed by atoms with van der Waals surface area (Å²) in [6.45, 7) is 0.914. The van der Waals surface area contributed by atoms with E-state index < -0.39 is 10.9 Å². The molecule has 1 aromatic rings. The number of likely N-dealkylation sites (tertiary alicyclic amines) is 1. The first kappa shape index (κ1) is 16.9. The van der Waals surface area contributed by atoms with Gasteiger partial charge in [-0.3, -0.25) is 24.4 Å². The van der Waals surface area contributed by atoms with Crippen molar-refractivity contribution in [2.75, 3.05) is 6.54 Å². The van der Waals surface area contributed by atoms with Crippen molar-refractivity contribution in [2.45, 2.75) is 51.1 Å². The molecular formula is C14H20N4O5. The lowest BCUT2D eigenvalue weighted by Crippen LogP contribution is -2.44. The van der Waals surface area contributed by atoms with Crippen LogP contribution >= 0.6 is 0 Å². The van der Waals surface area contributed by atoms with Crippen molar-refractivity contribution in [2.24, 2.45) is 0 Å². The van der Waals surface area contributed by atoms with Crippen LogP contribution in [0, 0.1) is 10.1 Å². The Kier molecular flexibility index (Phi) is 5.67. The number of carbonyl (C=O) groups is 2. The molecule has 2 heterocycles. The number of nitro groups is 1. The Morgan fingerprint density at radius 3 is 2.83 bits per heavy atom. The van der Waals surface area contributed by atoms with Crippen molar-refractivity contribution in [1.82, 2.24) is 14.7 Å². The standard InChI is InChI=1S/C14H20N4O5/c19-13(6-8-16-10-12(9-15-16)18(22)23)17-7-2-1-3-11(17)4-5-14(20)21/h9-11H,1-8H2,(H,20,21). The number of hydrogen-bond acceptors (Lipinski definition) is 5. The van der Waals surface area contributed by atoms with Gasteiger partial charge in [-0.15, -0.1) is 0 Å². The number of aryl methyl sites for hydroxylation is 1. The fraction of sp³-hybridized carbons (Fsp3) is 0.643. The molecule has 1 aromatic heterocycles. The Morgan fingerprint density at radius 2 is 2.17 bits per heavy atom. The molecule has 1 saturated heterocycles. The number of aromatic nitrogens is 2. The quantitative estimate of drug-likeness (QED) is 0.598. The molecule has 0 spiro atoms. The Balaban J connectivity index is 1.88. The molecule has 0 aromatic carbocycles. The van der Waals surface area contributed by atoms with Gasteiger partial charge in [-0.05, 0) is 25.7 Å². The van der Waals surface area contributed by atoms with Crippen LogP contribution in [0.4, 0.5) is 5.69 Å². The zero-order chi connectivity index (χ0) is 16.8. The molecule has 1 fully saturated rings. The summed E-state index contributed by atoms with van der Waals surface area (Å²) in [5, 5.41) is 23.3. The summed E-state index contributed by atoms with van der Waals surface area (Å²) in [5.74, 6) is -0.912. The molecule has 9 nitrogen and oxygen atoms in total. The van der Waals surface area contributed by atoms with Crippen LogP contribution in [-0.2, 0) is 16.1 Å². The van der Waals surface area contributed by atoms with Crippen LogP contribution in [0.25, 0.3) is 0 Å². The van der Waals surface area contributed by atoms with Gasteiger partial charge in [-0.25, -0.2) is 0 Å². The average Bonchev–Trinajstić information content (AvgIpc) is 3.00. The van der Waals surface area contributed by atoms with E-state index in [0.29, 0.717) is 13.0 Å². The largest absolute Gasteiger partial charge is 0.481 e. The fourth-order valence-electron chi connectivity index (χ4n) is 2.84. The van der Waals surface area contributed by atoms with E-state index in [-0.39, 0.29) is 37.0 Å². The SMILES string of the molecule is O=C(O)CCC1CCCCN1C(=O)CCn1cc([N+](=O)[O-])cn1. The van der Waals surface area contributed by atoms with Crippen molar-refractivity contribution < 1.29 is 19.6 Å². The number of rotatable bonds is 7. The maximum Gasteiger partial charge on any atom is 0.306 e. The van der Waals surface area contributed by atoms with Gasteiger partial charge in [-0.2, -0.15) is 5.10 Å². The Labute approximate surface area is 133 Å². The number of carbonyl (C=O) groups excluding carboxylic acids is 1. The highest BCUT2D eigenvalue weighted by Crippen LogP contribution is 2.22. The summed E-state index contributed by atoms with van der Waals surface area (Å²) in [6, 6.07) is -0.0284. The van der Waals surface area contributed by atoms with Gasteiger partial charge in [-0.1, -0.05) is 0 Å². The van der Waals surface area contributed by atoms with Crippen molar-refractivity contribution in [3.8, 4) is 0 Å². The van der Waals surface area contributed by atoms with Crippen LogP contribution in [-0.4, -0.2) is 49.2 Å². The first-order valence-corrected chi connectivity index (χ1v) is 7.65. The number of aliphatic carboxylic acids is 1. The van der Waals surface area contributed by atoms with Crippen molar-refractivity contribution in [3.05, 3.63) is 22.5 Å². The summed E-state index contributed by atoms with van der Waals surface area (Å²) in [5.41, 5.74) is -0.102. The molecule has 23 heavy (non-hydrogen) atoms. The van der Waals surface area contributed by atoms with E-state index in [2.05, 4.69) is 5.10 Å². The minimum Gasteiger partial charge on any atom is -0.481 e. The molecule has 1 N–H and O–H groups in total. The summed E-state index contributed by atoms with van der Waals surface area (Å²) in [4.78, 5) is 34.9. The first-order valence-electron chi connectivity index (χ1n) is 7.65. The predicted molar refractivity (Wildman–Crippen MR) is 79.7 cm³/mol. The van der Waals surface area contributed by atoms with E-state index in [1.165, 1.54) is 10.9 Å². The fourth-order valence-corrected chi connectivity index (χ4v) is 2.84. The van der Waals surface area contributed by atoms with Crippen LogP contribution in [0.2, 0.25) is 0 Å². The molecule has 126 valence electrons. The van der Waals surface area contributed by atoms with E-state index in [4.69, 9.17) is 5.11 Å². The second-order valence-corrected chi connectivity index (χ2v) is 5.64. The van der Waals surface area contributed by atoms with E-state index in [1.807, 2.05) is 0 Å². The minimum absolute atomic E-state index is 0.0284. The van der Waals surface area contributed by atoms with Crippen LogP contribution in [0.15, 0.2) is 12.4 Å². The molecule has 0 bridgehead atoms. The second kappa shape index (κ2) is 7.70. The summed E-state index contributed by atoms with van der Waals surface area (Å²) >= 11 is 0. The average molecular weight is 324 g/mol. The van der Waals surface area contributed by atoms with Gasteiger partial charge in [0.1, 0.15) is 12.4 Å². The summed E-state index contributed by atoms with van der Waals surface area (Å²) in [6.07, 6.45) is 5.91. The van der Waals surface area contributed by atoms with Gasteiger partial charge in [0.15, 0.2) is 0 Å². The van der Waals surface area contributed by atoms with Gasteiger partial charge < -0.3 is 10.0 Å². The topological polar surface area (TPSA) is 119 Å². The van der Waals surface area contributed by atoms with Crippen LogP contribution in [0.3, 0.4) is 0 Å². The highest BCUT2D eigenvalue weighted by atomic mass is 16.6. The number of carboxylic acid groups (broad SMARTS) is 1. The lowest BCUT2D eigenvalue weighted by molar-refractivity contribution is -0.385. The molecule has 0 radical (unpaired) electrons. The number of hydrogen-bond donors (Lipinski definition) is 1. The van der Waals surface area contributed by atoms with E-state index in [9.17, 15) is 19.7 Å². The molecule has 0 saturated carbocycles. The third-order valence-corrected chi connectivity index (χ3v) is 4.02. The van der Waals surface area contributed by atoms with E-state index in [1.54, 1.807) is 4.90 Å². The lowest BCUT2D eigenvalue weighted by Gasteiger charge is -2.35. The first-order chi connectivity index (χ1) is 11.0. The summed E-state index contributed by atoms with van der Waals surface area (Å²) in [7, 11) is 0. The van der Waals surface area contributed by atoms with Crippen molar-refractivity contribution in [3.63, 3.8) is 0 Å². The predicted octanol–water partition coefficient (Wildman–Crippen LogP) is 1.43. The number of carboxylic acids is 1. The third-order valence-electron chi connectivity index (χ3n) is 4.02. The monoisotopic (exact) mass is 324 g/mol. The summed E-state index contributed by atoms with van der Waals surface area (Å²) < 4.78 is 1.38. The van der Waals surface area contributed by atoms with Crippen molar-refractivity contribution in [1.29, 1.82) is 0 Å².